The molecule has 4 nitrogen and oxygen atoms in total. The number of nitrogens with zero attached hydrogens (tertiary/aromatic N) is 1. The van der Waals surface area contributed by atoms with Crippen molar-refractivity contribution in [3.8, 4) is 0 Å². The Morgan fingerprint density at radius 3 is 2.89 bits per heavy atom. The Labute approximate surface area is 113 Å². The minimum atomic E-state index is -0.175. The lowest BCUT2D eigenvalue weighted by Crippen LogP contribution is -2.31. The highest BCUT2D eigenvalue weighted by Crippen LogP contribution is 2.37. The van der Waals surface area contributed by atoms with Gasteiger partial charge in [0, 0.05) is 5.57 Å². The maximum atomic E-state index is 12.2. The van der Waals surface area contributed by atoms with Gasteiger partial charge >= 0.3 is 0 Å². The Morgan fingerprint density at radius 1 is 1.42 bits per heavy atom. The van der Waals surface area contributed by atoms with Gasteiger partial charge in [-0.15, -0.1) is 0 Å². The molecule has 0 bridgehead atoms. The quantitative estimate of drug-likeness (QED) is 0.368. The Bertz CT molecular complexity index is 544. The van der Waals surface area contributed by atoms with E-state index in [0.29, 0.717) is 0 Å². The van der Waals surface area contributed by atoms with Crippen molar-refractivity contribution in [1.82, 2.24) is 5.32 Å². The van der Waals surface area contributed by atoms with Crippen molar-refractivity contribution < 1.29 is 4.79 Å². The number of nitrogens with two attached hydrogens (primary N) is 1. The van der Waals surface area contributed by atoms with Crippen LogP contribution in [0.25, 0.3) is 6.08 Å². The average molecular weight is 257 g/mol. The van der Waals surface area contributed by atoms with Gasteiger partial charge in [0.2, 0.25) is 0 Å². The number of amides is 1. The molecule has 3 N–H and O–H groups in total. The van der Waals surface area contributed by atoms with Crippen LogP contribution in [0.1, 0.15) is 31.4 Å². The molecule has 4 heteroatoms. The van der Waals surface area contributed by atoms with Crippen LogP contribution in [0, 0.1) is 5.41 Å². The van der Waals surface area contributed by atoms with Gasteiger partial charge in [0.25, 0.3) is 5.91 Å². The minimum absolute atomic E-state index is 0.143. The van der Waals surface area contributed by atoms with Gasteiger partial charge in [0.1, 0.15) is 6.34 Å². The zero-order chi connectivity index (χ0) is 13.9. The fraction of sp³-hybridized carbons (Fsp3) is 0.333. The number of hydrazone groups is 1. The molecule has 1 aromatic rings. The van der Waals surface area contributed by atoms with Crippen molar-refractivity contribution >= 4 is 18.3 Å². The molecule has 0 aliphatic heterocycles. The summed E-state index contributed by atoms with van der Waals surface area (Å²) >= 11 is 0. The highest BCUT2D eigenvalue weighted by molar-refractivity contribution is 6.04. The summed E-state index contributed by atoms with van der Waals surface area (Å²) in [5.41, 5.74) is 2.98. The molecule has 0 aromatic heterocycles. The van der Waals surface area contributed by atoms with Crippen molar-refractivity contribution in [3.63, 3.8) is 0 Å². The van der Waals surface area contributed by atoms with Crippen molar-refractivity contribution in [3.05, 3.63) is 41.0 Å². The van der Waals surface area contributed by atoms with E-state index in [4.69, 9.17) is 5.84 Å². The minimum Gasteiger partial charge on any atom is -0.322 e. The number of nitrogens with one attached hydrogen (secondary N) is 1. The fourth-order valence-electron chi connectivity index (χ4n) is 2.38. The zero-order valence-corrected chi connectivity index (χ0v) is 11.3. The predicted molar refractivity (Wildman–Crippen MR) is 77.3 cm³/mol. The monoisotopic (exact) mass is 257 g/mol. The van der Waals surface area contributed by atoms with E-state index >= 15 is 0 Å². The summed E-state index contributed by atoms with van der Waals surface area (Å²) in [5.74, 6) is 4.87. The zero-order valence-electron chi connectivity index (χ0n) is 11.3. The van der Waals surface area contributed by atoms with Crippen molar-refractivity contribution in [2.45, 2.75) is 26.7 Å². The summed E-state index contributed by atoms with van der Waals surface area (Å²) < 4.78 is 0. The van der Waals surface area contributed by atoms with E-state index in [1.54, 1.807) is 0 Å². The van der Waals surface area contributed by atoms with Crippen LogP contribution >= 0.6 is 0 Å². The summed E-state index contributed by atoms with van der Waals surface area (Å²) in [7, 11) is 0. The van der Waals surface area contributed by atoms with Gasteiger partial charge in [-0.25, -0.2) is 0 Å². The lowest BCUT2D eigenvalue weighted by Gasteiger charge is -2.25. The maximum absolute atomic E-state index is 12.2. The maximum Gasteiger partial charge on any atom is 0.252 e. The Kier molecular flexibility index (Phi) is 3.69. The van der Waals surface area contributed by atoms with Crippen molar-refractivity contribution in [1.29, 1.82) is 0 Å². The Balaban J connectivity index is 2.42. The molecule has 0 fully saturated rings. The second-order valence-corrected chi connectivity index (χ2v) is 5.39. The number of carbonyl (C=O) groups is 1. The molecule has 0 saturated carbocycles. The van der Waals surface area contributed by atoms with Gasteiger partial charge in [-0.1, -0.05) is 38.1 Å². The average Bonchev–Trinajstić information content (AvgIpc) is 2.53. The summed E-state index contributed by atoms with van der Waals surface area (Å²) in [6, 6.07) is 8.18. The molecular weight excluding hydrogens is 238 g/mol. The van der Waals surface area contributed by atoms with E-state index in [9.17, 15) is 4.79 Å². The summed E-state index contributed by atoms with van der Waals surface area (Å²) in [5, 5.41) is 5.89. The van der Waals surface area contributed by atoms with Crippen LogP contribution in [0.4, 0.5) is 0 Å². The normalized spacial score (nSPS) is 17.5. The number of hydrogen-bond donors (Lipinski definition) is 2. The Morgan fingerprint density at radius 2 is 2.16 bits per heavy atom. The van der Waals surface area contributed by atoms with Gasteiger partial charge in [0.05, 0.1) is 0 Å². The molecule has 0 radical (unpaired) electrons. The van der Waals surface area contributed by atoms with Crippen LogP contribution in [-0.2, 0) is 11.2 Å². The molecule has 0 unspecified atom stereocenters. The summed E-state index contributed by atoms with van der Waals surface area (Å²) in [6.45, 7) is 4.17. The van der Waals surface area contributed by atoms with Crippen LogP contribution in [0.2, 0.25) is 0 Å². The lowest BCUT2D eigenvalue weighted by molar-refractivity contribution is -0.117. The van der Waals surface area contributed by atoms with Gasteiger partial charge < -0.3 is 11.2 Å². The lowest BCUT2D eigenvalue weighted by atomic mass is 9.80. The Hall–Kier alpha value is -2.10. The molecule has 0 atom stereocenters. The molecule has 0 heterocycles. The number of aryl methyl sites for hydroxylation is 1. The second kappa shape index (κ2) is 5.26. The number of rotatable bonds is 2. The van der Waals surface area contributed by atoms with Gasteiger partial charge in [-0.05, 0) is 35.5 Å². The van der Waals surface area contributed by atoms with Crippen LogP contribution in [0.15, 0.2) is 34.9 Å². The van der Waals surface area contributed by atoms with Gasteiger partial charge in [-0.3, -0.25) is 4.79 Å². The number of carbonyl (C=O) groups excluding carboxylic acids is 1. The first kappa shape index (κ1) is 13.3. The molecule has 100 valence electrons. The highest BCUT2D eigenvalue weighted by atomic mass is 16.1. The second-order valence-electron chi connectivity index (χ2n) is 5.39. The molecule has 1 amide bonds. The first-order valence-electron chi connectivity index (χ1n) is 6.37. The molecule has 0 spiro atoms. The molecule has 19 heavy (non-hydrogen) atoms. The first-order valence-corrected chi connectivity index (χ1v) is 6.37. The third-order valence-electron chi connectivity index (χ3n) is 3.62. The van der Waals surface area contributed by atoms with Crippen LogP contribution in [-0.4, -0.2) is 12.2 Å². The third-order valence-corrected chi connectivity index (χ3v) is 3.62. The molecular formula is C15H19N3O. The number of fused-ring (bicyclic) bond motifs is 1. The molecule has 1 aliphatic carbocycles. The van der Waals surface area contributed by atoms with Crippen LogP contribution in [0.5, 0.6) is 0 Å². The van der Waals surface area contributed by atoms with E-state index in [2.05, 4.69) is 30.3 Å². The van der Waals surface area contributed by atoms with E-state index in [-0.39, 0.29) is 11.3 Å². The first-order chi connectivity index (χ1) is 9.04. The third kappa shape index (κ3) is 2.84. The highest BCUT2D eigenvalue weighted by Gasteiger charge is 2.30. The van der Waals surface area contributed by atoms with E-state index in [0.717, 1.165) is 24.0 Å². The summed E-state index contributed by atoms with van der Waals surface area (Å²) in [6.07, 6.45) is 5.10. The van der Waals surface area contributed by atoms with E-state index < -0.39 is 0 Å². The molecule has 2 rings (SSSR count). The summed E-state index contributed by atoms with van der Waals surface area (Å²) in [4.78, 5) is 12.2. The van der Waals surface area contributed by atoms with E-state index in [1.165, 1.54) is 11.9 Å². The van der Waals surface area contributed by atoms with Crippen LogP contribution in [0.3, 0.4) is 0 Å². The van der Waals surface area contributed by atoms with Crippen molar-refractivity contribution in [2.75, 3.05) is 0 Å². The molecule has 1 aromatic carbocycles. The fourth-order valence-corrected chi connectivity index (χ4v) is 2.38. The largest absolute Gasteiger partial charge is 0.322 e. The number of benzene rings is 1. The van der Waals surface area contributed by atoms with E-state index in [1.807, 2.05) is 24.3 Å². The molecule has 0 saturated heterocycles. The van der Waals surface area contributed by atoms with Gasteiger partial charge in [0.15, 0.2) is 0 Å². The molecule has 1 aliphatic rings. The van der Waals surface area contributed by atoms with Crippen LogP contribution < -0.4 is 11.2 Å². The topological polar surface area (TPSA) is 67.5 Å². The van der Waals surface area contributed by atoms with Crippen molar-refractivity contribution in [2.24, 2.45) is 16.4 Å². The number of hydrogen-bond acceptors (Lipinski definition) is 3. The SMILES string of the molecule is CC1(C)CCc2ccccc2C=C1C(=O)NC=NN. The smallest absolute Gasteiger partial charge is 0.252 e. The standard InChI is InChI=1S/C15H19N3O/c1-15(2)8-7-11-5-3-4-6-12(11)9-13(15)14(19)17-10-18-16/h3-6,9-10H,7-8,16H2,1-2H3,(H,17,18,19). The van der Waals surface area contributed by atoms with Gasteiger partial charge in [-0.2, -0.15) is 5.10 Å². The predicted octanol–water partition coefficient (Wildman–Crippen LogP) is 2.06.